The van der Waals surface area contributed by atoms with Crippen LogP contribution in [-0.2, 0) is 21.4 Å². The molecule has 2 heterocycles. The van der Waals surface area contributed by atoms with Crippen LogP contribution in [-0.4, -0.2) is 54.4 Å². The zero-order valence-corrected chi connectivity index (χ0v) is 13.1. The molecule has 7 nitrogen and oxygen atoms in total. The fourth-order valence-corrected chi connectivity index (χ4v) is 3.10. The van der Waals surface area contributed by atoms with Gasteiger partial charge in [-0.15, -0.1) is 0 Å². The summed E-state index contributed by atoms with van der Waals surface area (Å²) in [5, 5.41) is 4.19. The Morgan fingerprint density at radius 2 is 2.24 bits per heavy atom. The quantitative estimate of drug-likeness (QED) is 0.813. The van der Waals surface area contributed by atoms with Crippen LogP contribution in [0.1, 0.15) is 25.7 Å². The van der Waals surface area contributed by atoms with E-state index in [9.17, 15) is 13.2 Å². The van der Waals surface area contributed by atoms with Crippen LogP contribution in [0.5, 0.6) is 0 Å². The highest BCUT2D eigenvalue weighted by Crippen LogP contribution is 2.19. The fraction of sp³-hybridized carbons (Fsp3) is 0.692. The highest BCUT2D eigenvalue weighted by atomic mass is 32.2. The average molecular weight is 314 g/mol. The highest BCUT2D eigenvalue weighted by molar-refractivity contribution is 7.88. The van der Waals surface area contributed by atoms with Crippen LogP contribution in [0.3, 0.4) is 0 Å². The lowest BCUT2D eigenvalue weighted by Crippen LogP contribution is -2.46. The van der Waals surface area contributed by atoms with E-state index in [0.29, 0.717) is 6.54 Å². The van der Waals surface area contributed by atoms with E-state index in [1.165, 1.54) is 0 Å². The number of nitrogens with zero attached hydrogens (tertiary/aromatic N) is 3. The number of rotatable bonds is 6. The summed E-state index contributed by atoms with van der Waals surface area (Å²) in [5.74, 6) is 0.00278. The van der Waals surface area contributed by atoms with Crippen LogP contribution in [0.15, 0.2) is 18.5 Å². The maximum absolute atomic E-state index is 12.3. The standard InChI is InChI=1S/C13H22N4O3S/c1-21(19,20)15-8-6-13(18)17-10-3-2-5-12(17)11-16-9-4-7-14-16/h4,7,9,12,15H,2-3,5-6,8,10-11H2,1H3/t12-/m0/s1. The lowest BCUT2D eigenvalue weighted by molar-refractivity contribution is -0.135. The van der Waals surface area contributed by atoms with Crippen LogP contribution in [0.4, 0.5) is 0 Å². The van der Waals surface area contributed by atoms with Crippen molar-refractivity contribution >= 4 is 15.9 Å². The molecular weight excluding hydrogens is 292 g/mol. The number of piperidine rings is 1. The van der Waals surface area contributed by atoms with Gasteiger partial charge in [0, 0.05) is 31.9 Å². The zero-order valence-electron chi connectivity index (χ0n) is 12.2. The largest absolute Gasteiger partial charge is 0.338 e. The van der Waals surface area contributed by atoms with E-state index < -0.39 is 10.0 Å². The van der Waals surface area contributed by atoms with Crippen molar-refractivity contribution in [3.63, 3.8) is 0 Å². The number of carbonyl (C=O) groups is 1. The molecule has 2 rings (SSSR count). The van der Waals surface area contributed by atoms with E-state index in [4.69, 9.17) is 0 Å². The molecule has 0 spiro atoms. The molecule has 0 unspecified atom stereocenters. The van der Waals surface area contributed by atoms with Crippen LogP contribution >= 0.6 is 0 Å². The molecule has 1 aromatic rings. The van der Waals surface area contributed by atoms with Crippen molar-refractivity contribution in [2.45, 2.75) is 38.3 Å². The predicted octanol–water partition coefficient (Wildman–Crippen LogP) is 0.204. The Hall–Kier alpha value is -1.41. The molecule has 0 aromatic carbocycles. The lowest BCUT2D eigenvalue weighted by Gasteiger charge is -2.35. The minimum Gasteiger partial charge on any atom is -0.338 e. The predicted molar refractivity (Wildman–Crippen MR) is 79.0 cm³/mol. The molecule has 1 fully saturated rings. The second-order valence-corrected chi connectivity index (χ2v) is 7.21. The maximum Gasteiger partial charge on any atom is 0.224 e. The molecule has 0 aliphatic carbocycles. The van der Waals surface area contributed by atoms with Gasteiger partial charge in [-0.25, -0.2) is 13.1 Å². The lowest BCUT2D eigenvalue weighted by atomic mass is 10.0. The van der Waals surface area contributed by atoms with Gasteiger partial charge in [0.15, 0.2) is 0 Å². The second-order valence-electron chi connectivity index (χ2n) is 5.38. The number of sulfonamides is 1. The van der Waals surface area contributed by atoms with Gasteiger partial charge >= 0.3 is 0 Å². The van der Waals surface area contributed by atoms with Gasteiger partial charge in [0.1, 0.15) is 0 Å². The second kappa shape index (κ2) is 7.04. The maximum atomic E-state index is 12.3. The third-order valence-electron chi connectivity index (χ3n) is 3.61. The number of carbonyl (C=O) groups excluding carboxylic acids is 1. The van der Waals surface area contributed by atoms with Crippen molar-refractivity contribution < 1.29 is 13.2 Å². The van der Waals surface area contributed by atoms with E-state index in [-0.39, 0.29) is 24.9 Å². The summed E-state index contributed by atoms with van der Waals surface area (Å²) in [6.07, 6.45) is 7.98. The number of aromatic nitrogens is 2. The molecule has 0 radical (unpaired) electrons. The van der Waals surface area contributed by atoms with E-state index in [0.717, 1.165) is 32.1 Å². The molecule has 1 saturated heterocycles. The molecule has 1 aliphatic rings. The zero-order chi connectivity index (χ0) is 15.3. The van der Waals surface area contributed by atoms with Crippen LogP contribution in [0.2, 0.25) is 0 Å². The summed E-state index contributed by atoms with van der Waals surface area (Å²) in [7, 11) is -3.24. The first kappa shape index (κ1) is 16.0. The van der Waals surface area contributed by atoms with Crippen molar-refractivity contribution in [1.29, 1.82) is 0 Å². The normalized spacial score (nSPS) is 19.7. The number of amides is 1. The molecule has 1 atom stereocenters. The Labute approximate surface area is 125 Å². The molecule has 0 saturated carbocycles. The monoisotopic (exact) mass is 314 g/mol. The first-order valence-corrected chi connectivity index (χ1v) is 9.06. The smallest absolute Gasteiger partial charge is 0.224 e. The van der Waals surface area contributed by atoms with Crippen LogP contribution in [0.25, 0.3) is 0 Å². The van der Waals surface area contributed by atoms with Gasteiger partial charge < -0.3 is 4.90 Å². The summed E-state index contributed by atoms with van der Waals surface area (Å²) < 4.78 is 26.2. The Balaban J connectivity index is 1.89. The molecule has 118 valence electrons. The molecule has 8 heteroatoms. The van der Waals surface area contributed by atoms with Gasteiger partial charge in [-0.2, -0.15) is 5.10 Å². The van der Waals surface area contributed by atoms with E-state index >= 15 is 0 Å². The summed E-state index contributed by atoms with van der Waals surface area (Å²) in [5.41, 5.74) is 0. The molecular formula is C13H22N4O3S. The van der Waals surface area contributed by atoms with Crippen molar-refractivity contribution in [3.05, 3.63) is 18.5 Å². The van der Waals surface area contributed by atoms with Gasteiger partial charge in [0.25, 0.3) is 0 Å². The van der Waals surface area contributed by atoms with Gasteiger partial charge in [-0.1, -0.05) is 0 Å². The van der Waals surface area contributed by atoms with Crippen LogP contribution in [0, 0.1) is 0 Å². The highest BCUT2D eigenvalue weighted by Gasteiger charge is 2.26. The van der Waals surface area contributed by atoms with Crippen molar-refractivity contribution in [3.8, 4) is 0 Å². The summed E-state index contributed by atoms with van der Waals surface area (Å²) in [6, 6.07) is 2.01. The number of likely N-dealkylation sites (tertiary alicyclic amines) is 1. The summed E-state index contributed by atoms with van der Waals surface area (Å²) in [6.45, 7) is 1.59. The van der Waals surface area contributed by atoms with Gasteiger partial charge in [-0.3, -0.25) is 9.48 Å². The molecule has 1 aliphatic heterocycles. The van der Waals surface area contributed by atoms with E-state index in [1.807, 2.05) is 21.8 Å². The average Bonchev–Trinajstić information content (AvgIpc) is 2.90. The Morgan fingerprint density at radius 1 is 1.43 bits per heavy atom. The number of nitrogens with one attached hydrogen (secondary N) is 1. The Morgan fingerprint density at radius 3 is 2.90 bits per heavy atom. The first-order chi connectivity index (χ1) is 9.96. The summed E-state index contributed by atoms with van der Waals surface area (Å²) >= 11 is 0. The van der Waals surface area contributed by atoms with Crippen molar-refractivity contribution in [1.82, 2.24) is 19.4 Å². The molecule has 0 bridgehead atoms. The SMILES string of the molecule is CS(=O)(=O)NCCC(=O)N1CCCC[C@H]1Cn1cccn1. The van der Waals surface area contributed by atoms with Crippen molar-refractivity contribution in [2.24, 2.45) is 0 Å². The van der Waals surface area contributed by atoms with E-state index in [2.05, 4.69) is 9.82 Å². The fourth-order valence-electron chi connectivity index (χ4n) is 2.63. The van der Waals surface area contributed by atoms with Gasteiger partial charge in [-0.05, 0) is 25.3 Å². The molecule has 1 amide bonds. The van der Waals surface area contributed by atoms with E-state index in [1.54, 1.807) is 6.20 Å². The van der Waals surface area contributed by atoms with Crippen molar-refractivity contribution in [2.75, 3.05) is 19.3 Å². The Kier molecular flexibility index (Phi) is 5.35. The third kappa shape index (κ3) is 5.13. The topological polar surface area (TPSA) is 84.3 Å². The minimum absolute atomic E-state index is 0.00278. The number of hydrogen-bond acceptors (Lipinski definition) is 4. The third-order valence-corrected chi connectivity index (χ3v) is 4.34. The van der Waals surface area contributed by atoms with Gasteiger partial charge in [0.2, 0.25) is 15.9 Å². The molecule has 1 N–H and O–H groups in total. The number of hydrogen-bond donors (Lipinski definition) is 1. The molecule has 1 aromatic heterocycles. The summed E-state index contributed by atoms with van der Waals surface area (Å²) in [4.78, 5) is 14.2. The first-order valence-electron chi connectivity index (χ1n) is 7.17. The Bertz CT molecular complexity index is 556. The molecule has 21 heavy (non-hydrogen) atoms. The van der Waals surface area contributed by atoms with Gasteiger partial charge in [0.05, 0.1) is 18.8 Å². The van der Waals surface area contributed by atoms with Crippen LogP contribution < -0.4 is 4.72 Å². The minimum atomic E-state index is -3.24.